The molecule has 0 saturated heterocycles. The summed E-state index contributed by atoms with van der Waals surface area (Å²) < 4.78 is 14.5. The van der Waals surface area contributed by atoms with Gasteiger partial charge in [0, 0.05) is 29.3 Å². The van der Waals surface area contributed by atoms with Crippen LogP contribution < -0.4 is 5.32 Å². The Morgan fingerprint density at radius 2 is 2.03 bits per heavy atom. The highest BCUT2D eigenvalue weighted by Crippen LogP contribution is 2.65. The third kappa shape index (κ3) is 3.12. The van der Waals surface area contributed by atoms with Crippen molar-refractivity contribution in [3.8, 4) is 0 Å². The first-order chi connectivity index (χ1) is 14.8. The summed E-state index contributed by atoms with van der Waals surface area (Å²) in [6.07, 6.45) is 7.68. The number of hydrogen-bond acceptors (Lipinski definition) is 3. The topological polar surface area (TPSA) is 49.4 Å². The lowest BCUT2D eigenvalue weighted by atomic mass is 9.47. The quantitative estimate of drug-likeness (QED) is 0.720. The fourth-order valence-corrected chi connectivity index (χ4v) is 8.62. The maximum atomic E-state index is 14.5. The number of carbonyl (C=O) groups excluding carboxylic acids is 2. The van der Waals surface area contributed by atoms with Gasteiger partial charge in [-0.05, 0) is 79.2 Å². The Kier molecular flexibility index (Phi) is 5.07. The van der Waals surface area contributed by atoms with Gasteiger partial charge in [-0.2, -0.15) is 0 Å². The SMILES string of the molecule is CN1C(=O)C(F)=C[C@]2(C)[C@H]3CC[C@]4(C)[C@@H](C(=O)NCc5cccs5)CC[C@H]4[C@@H]3CC[C@@H]12. The molecule has 0 aromatic carbocycles. The Hall–Kier alpha value is -1.69. The zero-order chi connectivity index (χ0) is 22.0. The van der Waals surface area contributed by atoms with Crippen LogP contribution in [0.3, 0.4) is 0 Å². The average molecular weight is 445 g/mol. The molecule has 1 aliphatic heterocycles. The molecule has 2 amide bonds. The number of likely N-dealkylation sites (N-methyl/N-ethyl adjacent to an activating group) is 1. The van der Waals surface area contributed by atoms with Crippen molar-refractivity contribution in [2.45, 2.75) is 65.0 Å². The van der Waals surface area contributed by atoms with Crippen molar-refractivity contribution in [1.82, 2.24) is 10.2 Å². The molecular weight excluding hydrogens is 411 g/mol. The van der Waals surface area contributed by atoms with Crippen LogP contribution in [0.1, 0.15) is 57.2 Å². The van der Waals surface area contributed by atoms with Gasteiger partial charge in [0.1, 0.15) is 0 Å². The van der Waals surface area contributed by atoms with Crippen LogP contribution in [0.15, 0.2) is 29.4 Å². The summed E-state index contributed by atoms with van der Waals surface area (Å²) in [5, 5.41) is 5.24. The smallest absolute Gasteiger partial charge is 0.282 e. The number of fused-ring (bicyclic) bond motifs is 5. The summed E-state index contributed by atoms with van der Waals surface area (Å²) in [7, 11) is 1.76. The fraction of sp³-hybridized carbons (Fsp3) is 0.680. The lowest BCUT2D eigenvalue weighted by molar-refractivity contribution is -0.145. The molecule has 4 aliphatic rings. The van der Waals surface area contributed by atoms with Crippen LogP contribution in [-0.4, -0.2) is 29.8 Å². The van der Waals surface area contributed by atoms with Crippen LogP contribution in [0.25, 0.3) is 0 Å². The zero-order valence-electron chi connectivity index (χ0n) is 18.7. The molecule has 0 radical (unpaired) electrons. The zero-order valence-corrected chi connectivity index (χ0v) is 19.5. The molecule has 7 atom stereocenters. The Bertz CT molecular complexity index is 915. The third-order valence-electron chi connectivity index (χ3n) is 9.49. The second kappa shape index (κ2) is 7.43. The molecule has 2 heterocycles. The van der Waals surface area contributed by atoms with Crippen LogP contribution in [0.2, 0.25) is 0 Å². The summed E-state index contributed by atoms with van der Waals surface area (Å²) in [4.78, 5) is 28.2. The van der Waals surface area contributed by atoms with E-state index in [2.05, 4.69) is 25.2 Å². The van der Waals surface area contributed by atoms with Gasteiger partial charge in [-0.1, -0.05) is 19.9 Å². The van der Waals surface area contributed by atoms with Crippen LogP contribution in [0, 0.1) is 34.5 Å². The van der Waals surface area contributed by atoms with Crippen molar-refractivity contribution in [2.24, 2.45) is 34.5 Å². The average Bonchev–Trinajstić information content (AvgIpc) is 3.37. The van der Waals surface area contributed by atoms with E-state index >= 15 is 0 Å². The number of thiophene rings is 1. The molecule has 5 rings (SSSR count). The van der Waals surface area contributed by atoms with Gasteiger partial charge in [0.25, 0.3) is 5.91 Å². The van der Waals surface area contributed by atoms with Crippen LogP contribution in [0.4, 0.5) is 4.39 Å². The molecule has 168 valence electrons. The molecule has 1 aromatic heterocycles. The maximum Gasteiger partial charge on any atom is 0.282 e. The number of halogens is 1. The molecule has 1 aromatic rings. The van der Waals surface area contributed by atoms with Crippen molar-refractivity contribution in [2.75, 3.05) is 7.05 Å². The Labute approximate surface area is 188 Å². The predicted octanol–water partition coefficient (Wildman–Crippen LogP) is 4.92. The Morgan fingerprint density at radius 1 is 1.23 bits per heavy atom. The minimum Gasteiger partial charge on any atom is -0.351 e. The van der Waals surface area contributed by atoms with E-state index in [1.165, 1.54) is 4.88 Å². The third-order valence-corrected chi connectivity index (χ3v) is 10.4. The van der Waals surface area contributed by atoms with Crippen LogP contribution in [0.5, 0.6) is 0 Å². The first kappa shape index (κ1) is 21.2. The van der Waals surface area contributed by atoms with Gasteiger partial charge in [0.05, 0.1) is 6.54 Å². The van der Waals surface area contributed by atoms with Crippen molar-refractivity contribution in [3.05, 3.63) is 34.3 Å². The van der Waals surface area contributed by atoms with Gasteiger partial charge >= 0.3 is 0 Å². The highest BCUT2D eigenvalue weighted by molar-refractivity contribution is 7.09. The molecule has 6 heteroatoms. The molecule has 4 nitrogen and oxygen atoms in total. The summed E-state index contributed by atoms with van der Waals surface area (Å²) in [5.41, 5.74) is -0.293. The first-order valence-electron chi connectivity index (χ1n) is 11.7. The van der Waals surface area contributed by atoms with Gasteiger partial charge in [0.15, 0.2) is 5.83 Å². The molecule has 0 bridgehead atoms. The van der Waals surface area contributed by atoms with Gasteiger partial charge in [-0.15, -0.1) is 11.3 Å². The fourth-order valence-electron chi connectivity index (χ4n) is 7.97. The number of carbonyl (C=O) groups is 2. The number of hydrogen-bond donors (Lipinski definition) is 1. The van der Waals surface area contributed by atoms with Gasteiger partial charge < -0.3 is 10.2 Å². The number of rotatable bonds is 3. The standard InChI is InChI=1S/C25H33FN2O2S/c1-24-11-10-18-16(6-9-21-25(18,2)13-20(26)23(30)28(21)3)17(24)7-8-19(24)22(29)27-14-15-5-4-12-31-15/h4-5,12-13,16-19,21H,6-11,14H2,1-3H3,(H,27,29)/t16-,17-,18-,19+,21+,24-,25+/m0/s1. The Balaban J connectivity index is 1.36. The lowest BCUT2D eigenvalue weighted by Crippen LogP contribution is -2.60. The number of nitrogens with zero attached hydrogens (tertiary/aromatic N) is 1. The van der Waals surface area contributed by atoms with Gasteiger partial charge in [-0.25, -0.2) is 4.39 Å². The molecular formula is C25H33FN2O2S. The molecule has 3 saturated carbocycles. The molecule has 0 unspecified atom stereocenters. The summed E-state index contributed by atoms with van der Waals surface area (Å²) in [5.74, 6) is 0.579. The van der Waals surface area contributed by atoms with E-state index in [9.17, 15) is 14.0 Å². The largest absolute Gasteiger partial charge is 0.351 e. The van der Waals surface area contributed by atoms with E-state index < -0.39 is 11.7 Å². The highest BCUT2D eigenvalue weighted by atomic mass is 32.1. The van der Waals surface area contributed by atoms with Gasteiger partial charge in [0.2, 0.25) is 5.91 Å². The summed E-state index contributed by atoms with van der Waals surface area (Å²) in [6.45, 7) is 5.11. The molecule has 3 aliphatic carbocycles. The molecule has 31 heavy (non-hydrogen) atoms. The minimum absolute atomic E-state index is 0.0164. The van der Waals surface area contributed by atoms with E-state index in [4.69, 9.17) is 0 Å². The van der Waals surface area contributed by atoms with E-state index in [0.717, 1.165) is 38.5 Å². The van der Waals surface area contributed by atoms with Crippen LogP contribution in [-0.2, 0) is 16.1 Å². The van der Waals surface area contributed by atoms with E-state index in [1.54, 1.807) is 29.4 Å². The second-order valence-corrected chi connectivity index (χ2v) is 11.7. The maximum absolute atomic E-state index is 14.5. The predicted molar refractivity (Wildman–Crippen MR) is 120 cm³/mol. The van der Waals surface area contributed by atoms with Crippen molar-refractivity contribution in [3.63, 3.8) is 0 Å². The normalized spacial score (nSPS) is 41.8. The monoisotopic (exact) mass is 444 g/mol. The summed E-state index contributed by atoms with van der Waals surface area (Å²) >= 11 is 1.68. The first-order valence-corrected chi connectivity index (χ1v) is 12.6. The van der Waals surface area contributed by atoms with Crippen molar-refractivity contribution < 1.29 is 14.0 Å². The molecule has 0 spiro atoms. The van der Waals surface area contributed by atoms with E-state index in [0.29, 0.717) is 24.3 Å². The number of amides is 2. The lowest BCUT2D eigenvalue weighted by Gasteiger charge is -2.60. The molecule has 1 N–H and O–H groups in total. The molecule has 3 fully saturated rings. The highest BCUT2D eigenvalue weighted by Gasteiger charge is 2.62. The van der Waals surface area contributed by atoms with Crippen molar-refractivity contribution >= 4 is 23.2 Å². The Morgan fingerprint density at radius 3 is 2.77 bits per heavy atom. The van der Waals surface area contributed by atoms with E-state index in [1.807, 2.05) is 11.4 Å². The minimum atomic E-state index is -0.590. The second-order valence-electron chi connectivity index (χ2n) is 10.7. The van der Waals surface area contributed by atoms with Crippen LogP contribution >= 0.6 is 11.3 Å². The van der Waals surface area contributed by atoms with Gasteiger partial charge in [-0.3, -0.25) is 9.59 Å². The number of nitrogens with one attached hydrogen (secondary N) is 1. The van der Waals surface area contributed by atoms with E-state index in [-0.39, 0.29) is 28.7 Å². The van der Waals surface area contributed by atoms with Crippen molar-refractivity contribution in [1.29, 1.82) is 0 Å². The summed E-state index contributed by atoms with van der Waals surface area (Å²) in [6, 6.07) is 4.16.